The predicted octanol–water partition coefficient (Wildman–Crippen LogP) is 0.805. The van der Waals surface area contributed by atoms with Crippen LogP contribution in [0.2, 0.25) is 0 Å². The van der Waals surface area contributed by atoms with Crippen LogP contribution in [-0.4, -0.2) is 36.8 Å². The van der Waals surface area contributed by atoms with Gasteiger partial charge in [-0.05, 0) is 30.2 Å². The Labute approximate surface area is 132 Å². The fraction of sp³-hybridized carbons (Fsp3) is 0.286. The normalized spacial score (nSPS) is 19.8. The molecule has 0 aromatic heterocycles. The maximum atomic E-state index is 12.0. The van der Waals surface area contributed by atoms with Gasteiger partial charge < -0.3 is 5.32 Å². The Morgan fingerprint density at radius 2 is 2.04 bits per heavy atom. The number of hydrogen-bond donors (Lipinski definition) is 1. The van der Waals surface area contributed by atoms with Crippen LogP contribution in [0.4, 0.5) is 5.69 Å². The third-order valence-electron chi connectivity index (χ3n) is 3.35. The molecule has 9 heteroatoms. The molecule has 0 unspecified atom stereocenters. The Morgan fingerprint density at radius 1 is 1.39 bits per heavy atom. The van der Waals surface area contributed by atoms with Crippen LogP contribution in [0, 0.1) is 21.4 Å². The van der Waals surface area contributed by atoms with E-state index in [0.717, 1.165) is 0 Å². The van der Waals surface area contributed by atoms with Crippen molar-refractivity contribution < 1.29 is 18.1 Å². The number of nitro groups is 1. The van der Waals surface area contributed by atoms with E-state index in [1.807, 2.05) is 0 Å². The zero-order valence-electron chi connectivity index (χ0n) is 11.9. The Kier molecular flexibility index (Phi) is 4.76. The molecule has 0 spiro atoms. The Balaban J connectivity index is 2.11. The number of nitro benzene ring substituents is 1. The van der Waals surface area contributed by atoms with E-state index in [0.29, 0.717) is 12.0 Å². The van der Waals surface area contributed by atoms with E-state index < -0.39 is 26.7 Å². The zero-order chi connectivity index (χ0) is 17.0. The minimum absolute atomic E-state index is 0.0197. The highest BCUT2D eigenvalue weighted by atomic mass is 32.2. The molecule has 1 N–H and O–H groups in total. The van der Waals surface area contributed by atoms with Crippen molar-refractivity contribution in [1.29, 1.82) is 5.26 Å². The fourth-order valence-electron chi connectivity index (χ4n) is 2.18. The summed E-state index contributed by atoms with van der Waals surface area (Å²) in [5.41, 5.74) is 0.172. The molecule has 1 aliphatic heterocycles. The van der Waals surface area contributed by atoms with Crippen molar-refractivity contribution in [3.05, 3.63) is 45.5 Å². The number of nitrogens with zero attached hydrogens (tertiary/aromatic N) is 2. The van der Waals surface area contributed by atoms with Crippen molar-refractivity contribution in [3.63, 3.8) is 0 Å². The minimum atomic E-state index is -3.13. The summed E-state index contributed by atoms with van der Waals surface area (Å²) >= 11 is 0. The monoisotopic (exact) mass is 335 g/mol. The molecule has 0 saturated carbocycles. The van der Waals surface area contributed by atoms with Crippen LogP contribution in [0.25, 0.3) is 6.08 Å². The Morgan fingerprint density at radius 3 is 2.52 bits per heavy atom. The van der Waals surface area contributed by atoms with Crippen molar-refractivity contribution in [3.8, 4) is 6.07 Å². The molecule has 1 aromatic carbocycles. The number of rotatable bonds is 4. The van der Waals surface area contributed by atoms with Gasteiger partial charge in [-0.25, -0.2) is 8.42 Å². The smallest absolute Gasteiger partial charge is 0.269 e. The standard InChI is InChI=1S/C14H13N3O5S/c15-8-11(7-10-1-3-13(4-2-10)17(19)20)14(18)16-12-5-6-23(21,22)9-12/h1-4,7,12H,5-6,9H2,(H,16,18)/b11-7-/t12-/m1/s1. The lowest BCUT2D eigenvalue weighted by Crippen LogP contribution is -2.36. The second-order valence-electron chi connectivity index (χ2n) is 5.09. The number of carbonyl (C=O) groups excluding carboxylic acids is 1. The van der Waals surface area contributed by atoms with E-state index in [9.17, 15) is 23.3 Å². The van der Waals surface area contributed by atoms with Crippen LogP contribution in [-0.2, 0) is 14.6 Å². The molecule has 0 bridgehead atoms. The van der Waals surface area contributed by atoms with Gasteiger partial charge >= 0.3 is 0 Å². The lowest BCUT2D eigenvalue weighted by Gasteiger charge is -2.09. The first kappa shape index (κ1) is 16.6. The summed E-state index contributed by atoms with van der Waals surface area (Å²) in [5.74, 6) is -0.770. The van der Waals surface area contributed by atoms with Gasteiger partial charge in [0.1, 0.15) is 11.6 Å². The lowest BCUT2D eigenvalue weighted by atomic mass is 10.1. The van der Waals surface area contributed by atoms with E-state index in [1.165, 1.54) is 30.3 Å². The van der Waals surface area contributed by atoms with Crippen LogP contribution in [0.5, 0.6) is 0 Å². The van der Waals surface area contributed by atoms with Crippen LogP contribution in [0.1, 0.15) is 12.0 Å². The molecule has 1 amide bonds. The first-order valence-electron chi connectivity index (χ1n) is 6.68. The van der Waals surface area contributed by atoms with Crippen molar-refractivity contribution >= 4 is 27.5 Å². The molecule has 1 fully saturated rings. The summed E-state index contributed by atoms with van der Waals surface area (Å²) in [6.07, 6.45) is 1.62. The van der Waals surface area contributed by atoms with Gasteiger partial charge in [0.25, 0.3) is 11.6 Å². The van der Waals surface area contributed by atoms with E-state index in [4.69, 9.17) is 5.26 Å². The third-order valence-corrected chi connectivity index (χ3v) is 5.12. The Bertz CT molecular complexity index is 806. The van der Waals surface area contributed by atoms with Crippen LogP contribution in [0.3, 0.4) is 0 Å². The highest BCUT2D eigenvalue weighted by molar-refractivity contribution is 7.91. The van der Waals surface area contributed by atoms with Crippen LogP contribution < -0.4 is 5.32 Å². The number of nitrogens with one attached hydrogen (secondary N) is 1. The van der Waals surface area contributed by atoms with Crippen molar-refractivity contribution in [1.82, 2.24) is 5.32 Å². The van der Waals surface area contributed by atoms with Crippen LogP contribution in [0.15, 0.2) is 29.8 Å². The largest absolute Gasteiger partial charge is 0.348 e. The van der Waals surface area contributed by atoms with Gasteiger partial charge in [0.15, 0.2) is 9.84 Å². The number of hydrogen-bond acceptors (Lipinski definition) is 6. The van der Waals surface area contributed by atoms with Crippen molar-refractivity contribution in [2.75, 3.05) is 11.5 Å². The number of benzene rings is 1. The number of non-ortho nitro benzene ring substituents is 1. The van der Waals surface area contributed by atoms with Gasteiger partial charge in [0.05, 0.1) is 16.4 Å². The molecule has 1 atom stereocenters. The van der Waals surface area contributed by atoms with E-state index in [1.54, 1.807) is 6.07 Å². The quantitative estimate of drug-likeness (QED) is 0.375. The summed E-state index contributed by atoms with van der Waals surface area (Å²) in [7, 11) is -3.13. The number of carbonyl (C=O) groups is 1. The molecule has 1 aliphatic rings. The summed E-state index contributed by atoms with van der Waals surface area (Å²) in [6, 6.07) is 6.62. The van der Waals surface area contributed by atoms with E-state index >= 15 is 0 Å². The SMILES string of the molecule is N#C/C(=C/c1ccc([N+](=O)[O-])cc1)C(=O)N[C@@H]1CCS(=O)(=O)C1. The maximum absolute atomic E-state index is 12.0. The second kappa shape index (κ2) is 6.58. The molecule has 0 aliphatic carbocycles. The molecule has 120 valence electrons. The molecule has 1 heterocycles. The van der Waals surface area contributed by atoms with Crippen LogP contribution >= 0.6 is 0 Å². The zero-order valence-corrected chi connectivity index (χ0v) is 12.7. The molecule has 1 aromatic rings. The van der Waals surface area contributed by atoms with E-state index in [2.05, 4.69) is 5.32 Å². The molecule has 1 saturated heterocycles. The van der Waals surface area contributed by atoms with Gasteiger partial charge in [-0.1, -0.05) is 0 Å². The molecular formula is C14H13N3O5S. The van der Waals surface area contributed by atoms with Gasteiger partial charge in [0.2, 0.25) is 0 Å². The summed E-state index contributed by atoms with van der Waals surface area (Å²) < 4.78 is 22.7. The topological polar surface area (TPSA) is 130 Å². The Hall–Kier alpha value is -2.73. The molecule has 23 heavy (non-hydrogen) atoms. The third kappa shape index (κ3) is 4.37. The minimum Gasteiger partial charge on any atom is -0.348 e. The second-order valence-corrected chi connectivity index (χ2v) is 7.32. The van der Waals surface area contributed by atoms with Gasteiger partial charge in [-0.15, -0.1) is 0 Å². The molecule has 8 nitrogen and oxygen atoms in total. The molecule has 2 rings (SSSR count). The number of amides is 1. The summed E-state index contributed by atoms with van der Waals surface area (Å²) in [6.45, 7) is 0. The number of sulfone groups is 1. The summed E-state index contributed by atoms with van der Waals surface area (Å²) in [4.78, 5) is 22.0. The predicted molar refractivity (Wildman–Crippen MR) is 81.9 cm³/mol. The van der Waals surface area contributed by atoms with Gasteiger partial charge in [-0.3, -0.25) is 14.9 Å². The summed E-state index contributed by atoms with van der Waals surface area (Å²) in [5, 5.41) is 22.2. The van der Waals surface area contributed by atoms with Gasteiger partial charge in [-0.2, -0.15) is 5.26 Å². The highest BCUT2D eigenvalue weighted by Gasteiger charge is 2.29. The first-order chi connectivity index (χ1) is 10.8. The first-order valence-corrected chi connectivity index (χ1v) is 8.50. The van der Waals surface area contributed by atoms with Gasteiger partial charge in [0, 0.05) is 18.2 Å². The maximum Gasteiger partial charge on any atom is 0.269 e. The van der Waals surface area contributed by atoms with E-state index in [-0.39, 0.29) is 22.8 Å². The highest BCUT2D eigenvalue weighted by Crippen LogP contribution is 2.15. The molecule has 0 radical (unpaired) electrons. The number of nitriles is 1. The fourth-order valence-corrected chi connectivity index (χ4v) is 3.85. The average molecular weight is 335 g/mol. The van der Waals surface area contributed by atoms with Crippen molar-refractivity contribution in [2.24, 2.45) is 0 Å². The lowest BCUT2D eigenvalue weighted by molar-refractivity contribution is -0.384. The van der Waals surface area contributed by atoms with Crippen molar-refractivity contribution in [2.45, 2.75) is 12.5 Å². The molecular weight excluding hydrogens is 322 g/mol. The average Bonchev–Trinajstić information content (AvgIpc) is 2.83.